The molecule has 6 nitrogen and oxygen atoms in total. The van der Waals surface area contributed by atoms with E-state index in [4.69, 9.17) is 9.88 Å². The molecule has 0 aliphatic carbocycles. The Morgan fingerprint density at radius 1 is 1.22 bits per heavy atom. The van der Waals surface area contributed by atoms with Crippen molar-refractivity contribution < 1.29 is 17.9 Å². The molecule has 0 fully saturated rings. The Kier molecular flexibility index (Phi) is 5.15. The van der Waals surface area contributed by atoms with Gasteiger partial charge >= 0.3 is 0 Å². The first kappa shape index (κ1) is 16.7. The number of rotatable bonds is 7. The summed E-state index contributed by atoms with van der Waals surface area (Å²) in [6, 6.07) is 11.3. The number of benzene rings is 2. The summed E-state index contributed by atoms with van der Waals surface area (Å²) < 4.78 is 29.4. The van der Waals surface area contributed by atoms with E-state index in [0.29, 0.717) is 24.3 Å². The van der Waals surface area contributed by atoms with E-state index in [1.165, 1.54) is 12.1 Å². The SMILES string of the molecule is C=CCNc1cc(C=O)cc(S(N)(=O)=O)c1Oc1ccccc1. The van der Waals surface area contributed by atoms with E-state index in [9.17, 15) is 13.2 Å². The molecule has 2 rings (SSSR count). The van der Waals surface area contributed by atoms with Crippen LogP contribution >= 0.6 is 0 Å². The minimum atomic E-state index is -4.08. The lowest BCUT2D eigenvalue weighted by molar-refractivity contribution is 0.112. The molecule has 0 saturated heterocycles. The number of para-hydroxylation sites is 1. The molecule has 2 aromatic carbocycles. The van der Waals surface area contributed by atoms with E-state index in [1.54, 1.807) is 36.4 Å². The molecule has 0 bridgehead atoms. The molecule has 7 heteroatoms. The maximum absolute atomic E-state index is 11.9. The zero-order chi connectivity index (χ0) is 16.9. The third-order valence-corrected chi connectivity index (χ3v) is 3.84. The highest BCUT2D eigenvalue weighted by Gasteiger charge is 2.21. The summed E-state index contributed by atoms with van der Waals surface area (Å²) in [4.78, 5) is 10.8. The molecule has 0 atom stereocenters. The Morgan fingerprint density at radius 3 is 2.48 bits per heavy atom. The number of primary sulfonamides is 1. The molecule has 0 aliphatic rings. The van der Waals surface area contributed by atoms with Crippen molar-refractivity contribution in [2.75, 3.05) is 11.9 Å². The second kappa shape index (κ2) is 7.08. The topological polar surface area (TPSA) is 98.5 Å². The summed E-state index contributed by atoms with van der Waals surface area (Å²) in [6.45, 7) is 3.95. The van der Waals surface area contributed by atoms with Crippen LogP contribution in [0.1, 0.15) is 10.4 Å². The van der Waals surface area contributed by atoms with E-state index in [-0.39, 0.29) is 16.2 Å². The highest BCUT2D eigenvalue weighted by molar-refractivity contribution is 7.89. The fourth-order valence-corrected chi connectivity index (χ4v) is 2.64. The molecule has 0 heterocycles. The minimum absolute atomic E-state index is 0.0335. The first-order chi connectivity index (χ1) is 11.0. The summed E-state index contributed by atoms with van der Waals surface area (Å²) in [5.74, 6) is 0.476. The Bertz CT molecular complexity index is 817. The van der Waals surface area contributed by atoms with Gasteiger partial charge in [0, 0.05) is 12.1 Å². The standard InChI is InChI=1S/C16H16N2O4S/c1-2-8-18-14-9-12(11-19)10-15(23(17,20)21)16(14)22-13-6-4-3-5-7-13/h2-7,9-11,18H,1,8H2,(H2,17,20,21). The first-order valence-corrected chi connectivity index (χ1v) is 8.24. The van der Waals surface area contributed by atoms with Crippen molar-refractivity contribution in [1.29, 1.82) is 0 Å². The number of sulfonamides is 1. The number of hydrogen-bond donors (Lipinski definition) is 2. The number of ether oxygens (including phenoxy) is 1. The average molecular weight is 332 g/mol. The number of carbonyl (C=O) groups excluding carboxylic acids is 1. The van der Waals surface area contributed by atoms with Crippen LogP contribution in [0.25, 0.3) is 0 Å². The van der Waals surface area contributed by atoms with Gasteiger partial charge in [0.05, 0.1) is 5.69 Å². The van der Waals surface area contributed by atoms with Gasteiger partial charge in [0.25, 0.3) is 0 Å². The van der Waals surface area contributed by atoms with Crippen LogP contribution in [0, 0.1) is 0 Å². The molecule has 0 saturated carbocycles. The van der Waals surface area contributed by atoms with Gasteiger partial charge in [-0.25, -0.2) is 13.6 Å². The zero-order valence-corrected chi connectivity index (χ0v) is 13.0. The lowest BCUT2D eigenvalue weighted by Gasteiger charge is -2.16. The van der Waals surface area contributed by atoms with Crippen molar-refractivity contribution in [2.45, 2.75) is 4.90 Å². The summed E-state index contributed by atoms with van der Waals surface area (Å²) in [5.41, 5.74) is 0.503. The van der Waals surface area contributed by atoms with Crippen molar-refractivity contribution in [3.05, 3.63) is 60.7 Å². The molecule has 23 heavy (non-hydrogen) atoms. The second-order valence-corrected chi connectivity index (χ2v) is 6.17. The molecule has 0 spiro atoms. The number of aldehydes is 1. The second-order valence-electron chi connectivity index (χ2n) is 4.64. The highest BCUT2D eigenvalue weighted by Crippen LogP contribution is 2.36. The van der Waals surface area contributed by atoms with Crippen molar-refractivity contribution in [2.24, 2.45) is 5.14 Å². The smallest absolute Gasteiger partial charge is 0.241 e. The fourth-order valence-electron chi connectivity index (χ4n) is 1.93. The lowest BCUT2D eigenvalue weighted by Crippen LogP contribution is -2.15. The van der Waals surface area contributed by atoms with Gasteiger partial charge in [0.2, 0.25) is 10.0 Å². The van der Waals surface area contributed by atoms with Crippen LogP contribution in [0.4, 0.5) is 5.69 Å². The molecule has 0 aliphatic heterocycles. The molecular weight excluding hydrogens is 316 g/mol. The molecule has 0 amide bonds. The molecule has 2 aromatic rings. The van der Waals surface area contributed by atoms with Gasteiger partial charge in [-0.05, 0) is 24.3 Å². The average Bonchev–Trinajstić information content (AvgIpc) is 2.53. The Labute approximate surface area is 134 Å². The summed E-state index contributed by atoms with van der Waals surface area (Å²) >= 11 is 0. The van der Waals surface area contributed by atoms with E-state index in [2.05, 4.69) is 11.9 Å². The largest absolute Gasteiger partial charge is 0.454 e. The van der Waals surface area contributed by atoms with Crippen molar-refractivity contribution in [3.63, 3.8) is 0 Å². The molecule has 0 radical (unpaired) electrons. The quantitative estimate of drug-likeness (QED) is 0.600. The van der Waals surface area contributed by atoms with E-state index >= 15 is 0 Å². The molecule has 3 N–H and O–H groups in total. The van der Waals surface area contributed by atoms with Crippen LogP contribution in [0.3, 0.4) is 0 Å². The van der Waals surface area contributed by atoms with Crippen molar-refractivity contribution in [1.82, 2.24) is 0 Å². The summed E-state index contributed by atoms with van der Waals surface area (Å²) in [6.07, 6.45) is 2.14. The number of hydrogen-bond acceptors (Lipinski definition) is 5. The fraction of sp³-hybridized carbons (Fsp3) is 0.0625. The maximum atomic E-state index is 11.9. The third kappa shape index (κ3) is 4.18. The number of carbonyl (C=O) groups is 1. The molecule has 0 aromatic heterocycles. The summed E-state index contributed by atoms with van der Waals surface area (Å²) in [7, 11) is -4.08. The van der Waals surface area contributed by atoms with Gasteiger partial charge in [-0.2, -0.15) is 0 Å². The van der Waals surface area contributed by atoms with Gasteiger partial charge in [-0.1, -0.05) is 24.3 Å². The Hall–Kier alpha value is -2.64. The summed E-state index contributed by atoms with van der Waals surface area (Å²) in [5, 5.41) is 8.21. The predicted molar refractivity (Wildman–Crippen MR) is 88.4 cm³/mol. The van der Waals surface area contributed by atoms with Crippen LogP contribution in [-0.4, -0.2) is 21.2 Å². The minimum Gasteiger partial charge on any atom is -0.454 e. The van der Waals surface area contributed by atoms with Crippen LogP contribution in [0.15, 0.2) is 60.0 Å². The molecular formula is C16H16N2O4S. The van der Waals surface area contributed by atoms with E-state index < -0.39 is 10.0 Å². The van der Waals surface area contributed by atoms with Crippen LogP contribution in [0.2, 0.25) is 0 Å². The maximum Gasteiger partial charge on any atom is 0.241 e. The van der Waals surface area contributed by atoms with Crippen LogP contribution in [0.5, 0.6) is 11.5 Å². The predicted octanol–water partition coefficient (Wildman–Crippen LogP) is 2.54. The van der Waals surface area contributed by atoms with Gasteiger partial charge in [-0.15, -0.1) is 6.58 Å². The van der Waals surface area contributed by atoms with E-state index in [0.717, 1.165) is 0 Å². The highest BCUT2D eigenvalue weighted by atomic mass is 32.2. The Morgan fingerprint density at radius 2 is 1.91 bits per heavy atom. The monoisotopic (exact) mass is 332 g/mol. The zero-order valence-electron chi connectivity index (χ0n) is 12.2. The van der Waals surface area contributed by atoms with E-state index in [1.807, 2.05) is 0 Å². The van der Waals surface area contributed by atoms with Gasteiger partial charge in [-0.3, -0.25) is 4.79 Å². The molecule has 120 valence electrons. The Balaban J connectivity index is 2.63. The third-order valence-electron chi connectivity index (χ3n) is 2.92. The van der Waals surface area contributed by atoms with Crippen LogP contribution in [-0.2, 0) is 10.0 Å². The normalized spacial score (nSPS) is 10.8. The molecule has 0 unspecified atom stereocenters. The van der Waals surface area contributed by atoms with Gasteiger partial charge < -0.3 is 10.1 Å². The first-order valence-electron chi connectivity index (χ1n) is 6.69. The van der Waals surface area contributed by atoms with Crippen molar-refractivity contribution in [3.8, 4) is 11.5 Å². The van der Waals surface area contributed by atoms with Gasteiger partial charge in [0.1, 0.15) is 16.9 Å². The number of nitrogens with one attached hydrogen (secondary N) is 1. The number of anilines is 1. The van der Waals surface area contributed by atoms with Crippen LogP contribution < -0.4 is 15.2 Å². The van der Waals surface area contributed by atoms with Gasteiger partial charge in [0.15, 0.2) is 5.75 Å². The lowest BCUT2D eigenvalue weighted by atomic mass is 10.2. The number of nitrogens with two attached hydrogens (primary N) is 1. The van der Waals surface area contributed by atoms with Crippen molar-refractivity contribution >= 4 is 22.0 Å².